The Bertz CT molecular complexity index is 941. The molecule has 1 aliphatic heterocycles. The van der Waals surface area contributed by atoms with E-state index >= 15 is 0 Å². The quantitative estimate of drug-likeness (QED) is 0.721. The second-order valence-corrected chi connectivity index (χ2v) is 6.20. The van der Waals surface area contributed by atoms with E-state index in [1.807, 2.05) is 60.0 Å². The highest BCUT2D eigenvalue weighted by Gasteiger charge is 2.20. The lowest BCUT2D eigenvalue weighted by molar-refractivity contribution is 0.589. The second-order valence-electron chi connectivity index (χ2n) is 6.20. The van der Waals surface area contributed by atoms with Crippen molar-refractivity contribution >= 4 is 16.6 Å². The van der Waals surface area contributed by atoms with Gasteiger partial charge in [0.15, 0.2) is 0 Å². The first kappa shape index (κ1) is 18.0. The Balaban J connectivity index is 0.000000948. The maximum Gasteiger partial charge on any atom is 0.260 e. The maximum absolute atomic E-state index is 13.2. The van der Waals surface area contributed by atoms with Gasteiger partial charge in [0.25, 0.3) is 5.56 Å². The molecule has 4 nitrogen and oxygen atoms in total. The van der Waals surface area contributed by atoms with Crippen molar-refractivity contribution in [2.75, 3.05) is 31.1 Å². The molecule has 0 spiro atoms. The summed E-state index contributed by atoms with van der Waals surface area (Å²) in [6, 6.07) is 18.1. The van der Waals surface area contributed by atoms with Crippen molar-refractivity contribution in [3.63, 3.8) is 0 Å². The molecule has 0 aliphatic carbocycles. The van der Waals surface area contributed by atoms with E-state index in [0.29, 0.717) is 0 Å². The van der Waals surface area contributed by atoms with Crippen LogP contribution in [0.25, 0.3) is 16.6 Å². The lowest BCUT2D eigenvalue weighted by Crippen LogP contribution is -2.44. The van der Waals surface area contributed by atoms with E-state index in [9.17, 15) is 4.79 Å². The summed E-state index contributed by atoms with van der Waals surface area (Å²) in [5.74, 6) is 0. The van der Waals surface area contributed by atoms with E-state index in [4.69, 9.17) is 0 Å². The van der Waals surface area contributed by atoms with E-state index < -0.39 is 0 Å². The van der Waals surface area contributed by atoms with Crippen LogP contribution in [0.4, 0.5) is 5.69 Å². The number of hydrogen-bond acceptors (Lipinski definition) is 3. The molecule has 1 saturated heterocycles. The topological polar surface area (TPSA) is 37.3 Å². The summed E-state index contributed by atoms with van der Waals surface area (Å²) >= 11 is 0. The molecule has 0 saturated carbocycles. The van der Waals surface area contributed by atoms with Crippen molar-refractivity contribution in [1.82, 2.24) is 9.88 Å². The monoisotopic (exact) mass is 347 g/mol. The van der Waals surface area contributed by atoms with Crippen LogP contribution in [0.2, 0.25) is 0 Å². The fourth-order valence-electron chi connectivity index (χ4n) is 3.58. The highest BCUT2D eigenvalue weighted by molar-refractivity contribution is 5.94. The van der Waals surface area contributed by atoms with Crippen molar-refractivity contribution < 1.29 is 0 Å². The maximum atomic E-state index is 13.2. The van der Waals surface area contributed by atoms with Gasteiger partial charge >= 0.3 is 0 Å². The fourth-order valence-corrected chi connectivity index (χ4v) is 3.58. The SMILES string of the molecule is C=C.Cc1c(N2CCNCC2)c2ccccc2n(-c2ccccc2)c1=O. The average Bonchev–Trinajstić information content (AvgIpc) is 2.72. The van der Waals surface area contributed by atoms with Gasteiger partial charge in [-0.05, 0) is 25.1 Å². The van der Waals surface area contributed by atoms with E-state index in [1.54, 1.807) is 0 Å². The van der Waals surface area contributed by atoms with Crippen LogP contribution in [0, 0.1) is 6.92 Å². The molecule has 4 rings (SSSR count). The van der Waals surface area contributed by atoms with Gasteiger partial charge in [-0.25, -0.2) is 0 Å². The Kier molecular flexibility index (Phi) is 5.54. The minimum absolute atomic E-state index is 0.0634. The van der Waals surface area contributed by atoms with Gasteiger partial charge in [-0.2, -0.15) is 0 Å². The summed E-state index contributed by atoms with van der Waals surface area (Å²) in [5, 5.41) is 4.52. The molecule has 2 heterocycles. The third-order valence-corrected chi connectivity index (χ3v) is 4.73. The van der Waals surface area contributed by atoms with Crippen LogP contribution in [-0.2, 0) is 0 Å². The highest BCUT2D eigenvalue weighted by Crippen LogP contribution is 2.30. The average molecular weight is 347 g/mol. The van der Waals surface area contributed by atoms with Gasteiger partial charge in [-0.3, -0.25) is 9.36 Å². The zero-order valence-corrected chi connectivity index (χ0v) is 15.2. The molecule has 1 fully saturated rings. The zero-order valence-electron chi connectivity index (χ0n) is 15.2. The first-order valence-corrected chi connectivity index (χ1v) is 8.93. The molecular formula is C22H25N3O. The minimum Gasteiger partial charge on any atom is -0.368 e. The van der Waals surface area contributed by atoms with Crippen LogP contribution in [0.1, 0.15) is 5.56 Å². The van der Waals surface area contributed by atoms with Gasteiger partial charge in [-0.15, -0.1) is 13.2 Å². The molecule has 134 valence electrons. The predicted octanol–water partition coefficient (Wildman–Crippen LogP) is 3.51. The van der Waals surface area contributed by atoms with Crippen molar-refractivity contribution in [3.05, 3.63) is 83.7 Å². The van der Waals surface area contributed by atoms with Gasteiger partial charge in [0.2, 0.25) is 0 Å². The molecule has 4 heteroatoms. The normalized spacial score (nSPS) is 14.0. The van der Waals surface area contributed by atoms with Crippen LogP contribution in [0.3, 0.4) is 0 Å². The molecule has 2 aromatic carbocycles. The number of anilines is 1. The van der Waals surface area contributed by atoms with E-state index in [0.717, 1.165) is 54.0 Å². The molecule has 26 heavy (non-hydrogen) atoms. The Morgan fingerprint density at radius 1 is 0.923 bits per heavy atom. The van der Waals surface area contributed by atoms with Crippen LogP contribution in [0.5, 0.6) is 0 Å². The van der Waals surface area contributed by atoms with E-state index in [-0.39, 0.29) is 5.56 Å². The summed E-state index contributed by atoms with van der Waals surface area (Å²) < 4.78 is 1.83. The molecule has 1 N–H and O–H groups in total. The summed E-state index contributed by atoms with van der Waals surface area (Å²) in [6.45, 7) is 11.7. The lowest BCUT2D eigenvalue weighted by atomic mass is 10.1. The van der Waals surface area contributed by atoms with Crippen molar-refractivity contribution in [2.24, 2.45) is 0 Å². The summed E-state index contributed by atoms with van der Waals surface area (Å²) in [4.78, 5) is 15.5. The largest absolute Gasteiger partial charge is 0.368 e. The van der Waals surface area contributed by atoms with Gasteiger partial charge in [0, 0.05) is 42.8 Å². The van der Waals surface area contributed by atoms with Crippen molar-refractivity contribution in [1.29, 1.82) is 0 Å². The number of piperazine rings is 1. The second kappa shape index (κ2) is 8.02. The zero-order chi connectivity index (χ0) is 18.5. The number of nitrogens with one attached hydrogen (secondary N) is 1. The Hall–Kier alpha value is -2.85. The smallest absolute Gasteiger partial charge is 0.260 e. The van der Waals surface area contributed by atoms with E-state index in [1.165, 1.54) is 0 Å². The predicted molar refractivity (Wildman–Crippen MR) is 111 cm³/mol. The fraction of sp³-hybridized carbons (Fsp3) is 0.227. The molecule has 0 radical (unpaired) electrons. The number of hydrogen-bond donors (Lipinski definition) is 1. The van der Waals surface area contributed by atoms with Gasteiger partial charge in [-0.1, -0.05) is 36.4 Å². The highest BCUT2D eigenvalue weighted by atomic mass is 16.1. The number of rotatable bonds is 2. The number of aromatic nitrogens is 1. The number of pyridine rings is 1. The van der Waals surface area contributed by atoms with Crippen molar-refractivity contribution in [3.8, 4) is 5.69 Å². The molecule has 0 amide bonds. The molecule has 0 atom stereocenters. The number of para-hydroxylation sites is 2. The Morgan fingerprint density at radius 2 is 1.54 bits per heavy atom. The van der Waals surface area contributed by atoms with Crippen LogP contribution < -0.4 is 15.8 Å². The molecule has 0 unspecified atom stereocenters. The molecule has 1 aliphatic rings. The van der Waals surface area contributed by atoms with Crippen LogP contribution in [-0.4, -0.2) is 30.7 Å². The Morgan fingerprint density at radius 3 is 2.23 bits per heavy atom. The lowest BCUT2D eigenvalue weighted by Gasteiger charge is -2.32. The van der Waals surface area contributed by atoms with E-state index in [2.05, 4.69) is 29.4 Å². The Labute approximate surface area is 154 Å². The standard InChI is InChI=1S/C20H21N3O.C2H4/c1-15-19(22-13-11-21-12-14-22)17-9-5-6-10-18(17)23(20(15)24)16-7-3-2-4-8-16;1-2/h2-10,21H,11-14H2,1H3;1-2H2. The first-order valence-electron chi connectivity index (χ1n) is 8.93. The van der Waals surface area contributed by atoms with Crippen LogP contribution in [0.15, 0.2) is 72.5 Å². The summed E-state index contributed by atoms with van der Waals surface area (Å²) in [5.41, 5.74) is 3.85. The summed E-state index contributed by atoms with van der Waals surface area (Å²) in [6.07, 6.45) is 0. The van der Waals surface area contributed by atoms with Gasteiger partial charge < -0.3 is 10.2 Å². The first-order chi connectivity index (χ1) is 12.8. The molecular weight excluding hydrogens is 322 g/mol. The molecule has 1 aromatic heterocycles. The third-order valence-electron chi connectivity index (χ3n) is 4.73. The van der Waals surface area contributed by atoms with Gasteiger partial charge in [0.05, 0.1) is 11.2 Å². The van der Waals surface area contributed by atoms with Gasteiger partial charge in [0.1, 0.15) is 0 Å². The summed E-state index contributed by atoms with van der Waals surface area (Å²) in [7, 11) is 0. The van der Waals surface area contributed by atoms with Crippen molar-refractivity contribution in [2.45, 2.75) is 6.92 Å². The molecule has 0 bridgehead atoms. The molecule has 3 aromatic rings. The van der Waals surface area contributed by atoms with Crippen LogP contribution >= 0.6 is 0 Å². The number of benzene rings is 2. The third kappa shape index (κ3) is 3.16. The number of fused-ring (bicyclic) bond motifs is 1. The number of nitrogens with zero attached hydrogens (tertiary/aromatic N) is 2. The minimum atomic E-state index is 0.0634.